The van der Waals surface area contributed by atoms with Crippen LogP contribution in [-0.4, -0.2) is 60.9 Å². The standard InChI is InChI=1S/C12H18N2O4/c1-4-13-7-8-14(11(16)10(13)15)6-5-9(2)12(17)18-3/h5H,4,6-8H2,1-3H3. The molecular weight excluding hydrogens is 236 g/mol. The molecule has 1 fully saturated rings. The molecule has 0 aromatic rings. The summed E-state index contributed by atoms with van der Waals surface area (Å²) < 4.78 is 4.55. The van der Waals surface area contributed by atoms with Crippen LogP contribution in [0.4, 0.5) is 0 Å². The summed E-state index contributed by atoms with van der Waals surface area (Å²) in [4.78, 5) is 37.5. The number of esters is 1. The SMILES string of the molecule is CCN1CCN(CC=C(C)C(=O)OC)C(=O)C1=O. The molecule has 1 aliphatic rings. The van der Waals surface area contributed by atoms with Gasteiger partial charge in [-0.3, -0.25) is 9.59 Å². The van der Waals surface area contributed by atoms with E-state index >= 15 is 0 Å². The van der Waals surface area contributed by atoms with Crippen LogP contribution in [0.25, 0.3) is 0 Å². The van der Waals surface area contributed by atoms with Gasteiger partial charge in [-0.05, 0) is 13.8 Å². The van der Waals surface area contributed by atoms with Crippen LogP contribution in [-0.2, 0) is 19.1 Å². The fraction of sp³-hybridized carbons (Fsp3) is 0.583. The second kappa shape index (κ2) is 6.18. The van der Waals surface area contributed by atoms with E-state index in [1.54, 1.807) is 13.0 Å². The predicted molar refractivity (Wildman–Crippen MR) is 64.6 cm³/mol. The number of piperazine rings is 1. The van der Waals surface area contributed by atoms with Gasteiger partial charge in [-0.1, -0.05) is 6.08 Å². The van der Waals surface area contributed by atoms with Gasteiger partial charge in [0.25, 0.3) is 0 Å². The summed E-state index contributed by atoms with van der Waals surface area (Å²) in [7, 11) is 1.30. The van der Waals surface area contributed by atoms with E-state index in [0.29, 0.717) is 25.2 Å². The molecule has 6 nitrogen and oxygen atoms in total. The second-order valence-electron chi connectivity index (χ2n) is 4.01. The first-order valence-electron chi connectivity index (χ1n) is 5.84. The Morgan fingerprint density at radius 3 is 2.39 bits per heavy atom. The number of amides is 2. The monoisotopic (exact) mass is 254 g/mol. The molecule has 0 bridgehead atoms. The molecule has 0 aromatic carbocycles. The van der Waals surface area contributed by atoms with Crippen molar-refractivity contribution >= 4 is 17.8 Å². The molecule has 18 heavy (non-hydrogen) atoms. The molecule has 0 aromatic heterocycles. The molecule has 0 N–H and O–H groups in total. The fourth-order valence-electron chi connectivity index (χ4n) is 1.68. The van der Waals surface area contributed by atoms with Crippen molar-refractivity contribution in [2.45, 2.75) is 13.8 Å². The van der Waals surface area contributed by atoms with Gasteiger partial charge in [-0.25, -0.2) is 4.79 Å². The Kier molecular flexibility index (Phi) is 4.88. The van der Waals surface area contributed by atoms with E-state index in [1.807, 2.05) is 6.92 Å². The van der Waals surface area contributed by atoms with Gasteiger partial charge >= 0.3 is 17.8 Å². The summed E-state index contributed by atoms with van der Waals surface area (Å²) in [6.45, 7) is 5.26. The fourth-order valence-corrected chi connectivity index (χ4v) is 1.68. The van der Waals surface area contributed by atoms with Gasteiger partial charge in [0.2, 0.25) is 0 Å². The summed E-state index contributed by atoms with van der Waals surface area (Å²) in [6, 6.07) is 0. The molecule has 1 heterocycles. The van der Waals surface area contributed by atoms with Crippen LogP contribution in [0.15, 0.2) is 11.6 Å². The van der Waals surface area contributed by atoms with Crippen LogP contribution in [0.3, 0.4) is 0 Å². The van der Waals surface area contributed by atoms with Crippen molar-refractivity contribution in [3.63, 3.8) is 0 Å². The minimum absolute atomic E-state index is 0.253. The zero-order valence-electron chi connectivity index (χ0n) is 10.9. The Labute approximate surface area is 106 Å². The molecular formula is C12H18N2O4. The van der Waals surface area contributed by atoms with Crippen LogP contribution >= 0.6 is 0 Å². The first-order valence-corrected chi connectivity index (χ1v) is 5.84. The lowest BCUT2D eigenvalue weighted by atomic mass is 10.2. The molecule has 0 spiro atoms. The van der Waals surface area contributed by atoms with Crippen molar-refractivity contribution in [1.82, 2.24) is 9.80 Å². The summed E-state index contributed by atoms with van der Waals surface area (Å²) in [5, 5.41) is 0. The molecule has 0 atom stereocenters. The third-order valence-electron chi connectivity index (χ3n) is 2.90. The maximum absolute atomic E-state index is 11.7. The number of likely N-dealkylation sites (N-methyl/N-ethyl adjacent to an activating group) is 1. The third kappa shape index (κ3) is 3.09. The molecule has 1 aliphatic heterocycles. The molecule has 0 radical (unpaired) electrons. The first kappa shape index (κ1) is 14.2. The lowest BCUT2D eigenvalue weighted by molar-refractivity contribution is -0.155. The summed E-state index contributed by atoms with van der Waals surface area (Å²) in [5.74, 6) is -1.43. The Bertz CT molecular complexity index is 390. The normalized spacial score (nSPS) is 17.2. The predicted octanol–water partition coefficient (Wildman–Crippen LogP) is -0.204. The van der Waals surface area contributed by atoms with Crippen molar-refractivity contribution in [1.29, 1.82) is 0 Å². The van der Waals surface area contributed by atoms with E-state index in [2.05, 4.69) is 4.74 Å². The number of ether oxygens (including phenoxy) is 1. The Morgan fingerprint density at radius 2 is 1.83 bits per heavy atom. The van der Waals surface area contributed by atoms with E-state index in [1.165, 1.54) is 16.9 Å². The summed E-state index contributed by atoms with van der Waals surface area (Å²) in [5.41, 5.74) is 0.427. The topological polar surface area (TPSA) is 66.9 Å². The highest BCUT2D eigenvalue weighted by atomic mass is 16.5. The number of nitrogens with zero attached hydrogens (tertiary/aromatic N) is 2. The zero-order valence-corrected chi connectivity index (χ0v) is 10.9. The first-order chi connectivity index (χ1) is 8.51. The number of rotatable bonds is 4. The average Bonchev–Trinajstić information content (AvgIpc) is 2.39. The minimum atomic E-state index is -0.517. The van der Waals surface area contributed by atoms with Crippen molar-refractivity contribution in [3.8, 4) is 0 Å². The summed E-state index contributed by atoms with van der Waals surface area (Å²) in [6.07, 6.45) is 1.60. The average molecular weight is 254 g/mol. The van der Waals surface area contributed by atoms with Gasteiger partial charge in [0.05, 0.1) is 7.11 Å². The number of hydrogen-bond acceptors (Lipinski definition) is 4. The smallest absolute Gasteiger partial charge is 0.333 e. The zero-order chi connectivity index (χ0) is 13.7. The lowest BCUT2D eigenvalue weighted by Crippen LogP contribution is -2.54. The number of carbonyl (C=O) groups excluding carboxylic acids is 3. The van der Waals surface area contributed by atoms with Crippen LogP contribution in [0.2, 0.25) is 0 Å². The molecule has 0 saturated carbocycles. The van der Waals surface area contributed by atoms with Gasteiger partial charge < -0.3 is 14.5 Å². The van der Waals surface area contributed by atoms with Crippen LogP contribution in [0, 0.1) is 0 Å². The quantitative estimate of drug-likeness (QED) is 0.396. The highest BCUT2D eigenvalue weighted by Gasteiger charge is 2.30. The Morgan fingerprint density at radius 1 is 1.28 bits per heavy atom. The molecule has 1 rings (SSSR count). The van der Waals surface area contributed by atoms with E-state index in [-0.39, 0.29) is 6.54 Å². The maximum atomic E-state index is 11.7. The highest BCUT2D eigenvalue weighted by Crippen LogP contribution is 2.06. The molecule has 100 valence electrons. The third-order valence-corrected chi connectivity index (χ3v) is 2.90. The van der Waals surface area contributed by atoms with Crippen LogP contribution in [0.5, 0.6) is 0 Å². The highest BCUT2D eigenvalue weighted by molar-refractivity contribution is 6.35. The largest absolute Gasteiger partial charge is 0.466 e. The summed E-state index contributed by atoms with van der Waals surface area (Å²) >= 11 is 0. The molecule has 2 amide bonds. The van der Waals surface area contributed by atoms with E-state index < -0.39 is 17.8 Å². The van der Waals surface area contributed by atoms with Gasteiger partial charge in [0.1, 0.15) is 0 Å². The van der Waals surface area contributed by atoms with Crippen molar-refractivity contribution in [2.24, 2.45) is 0 Å². The number of carbonyl (C=O) groups is 3. The second-order valence-corrected chi connectivity index (χ2v) is 4.01. The molecule has 0 unspecified atom stereocenters. The molecule has 6 heteroatoms. The van der Waals surface area contributed by atoms with E-state index in [4.69, 9.17) is 0 Å². The van der Waals surface area contributed by atoms with Crippen molar-refractivity contribution < 1.29 is 19.1 Å². The van der Waals surface area contributed by atoms with Gasteiger partial charge in [-0.15, -0.1) is 0 Å². The van der Waals surface area contributed by atoms with Crippen LogP contribution < -0.4 is 0 Å². The van der Waals surface area contributed by atoms with E-state index in [9.17, 15) is 14.4 Å². The van der Waals surface area contributed by atoms with Crippen molar-refractivity contribution in [3.05, 3.63) is 11.6 Å². The van der Waals surface area contributed by atoms with Gasteiger partial charge in [0.15, 0.2) is 0 Å². The van der Waals surface area contributed by atoms with Gasteiger partial charge in [-0.2, -0.15) is 0 Å². The van der Waals surface area contributed by atoms with Crippen LogP contribution in [0.1, 0.15) is 13.8 Å². The van der Waals surface area contributed by atoms with Crippen molar-refractivity contribution in [2.75, 3.05) is 33.3 Å². The lowest BCUT2D eigenvalue weighted by Gasteiger charge is -2.32. The van der Waals surface area contributed by atoms with E-state index in [0.717, 1.165) is 0 Å². The number of methoxy groups -OCH3 is 1. The number of hydrogen-bond donors (Lipinski definition) is 0. The molecule has 1 saturated heterocycles. The Balaban J connectivity index is 2.62. The Hall–Kier alpha value is -1.85. The minimum Gasteiger partial charge on any atom is -0.466 e. The van der Waals surface area contributed by atoms with Gasteiger partial charge in [0, 0.05) is 31.8 Å². The molecule has 0 aliphatic carbocycles. The maximum Gasteiger partial charge on any atom is 0.333 e.